The van der Waals surface area contributed by atoms with Crippen molar-refractivity contribution in [2.45, 2.75) is 39.2 Å². The highest BCUT2D eigenvalue weighted by atomic mass is 79.9. The molecular weight excluding hydrogens is 292 g/mol. The SMILES string of the molecule is CCCCCCn1cc(Br)c2ccncc2c1=O. The zero-order valence-corrected chi connectivity index (χ0v) is 12.1. The highest BCUT2D eigenvalue weighted by Crippen LogP contribution is 2.20. The van der Waals surface area contributed by atoms with Crippen LogP contribution in [0.3, 0.4) is 0 Å². The van der Waals surface area contributed by atoms with Gasteiger partial charge in [-0.1, -0.05) is 26.2 Å². The normalized spacial score (nSPS) is 11.0. The van der Waals surface area contributed by atoms with Gasteiger partial charge in [-0.15, -0.1) is 0 Å². The maximum Gasteiger partial charge on any atom is 0.260 e. The summed E-state index contributed by atoms with van der Waals surface area (Å²) in [7, 11) is 0. The summed E-state index contributed by atoms with van der Waals surface area (Å²) < 4.78 is 2.74. The van der Waals surface area contributed by atoms with Gasteiger partial charge in [-0.05, 0) is 28.4 Å². The molecule has 0 N–H and O–H groups in total. The van der Waals surface area contributed by atoms with Crippen LogP contribution in [0.4, 0.5) is 0 Å². The largest absolute Gasteiger partial charge is 0.314 e. The number of pyridine rings is 2. The van der Waals surface area contributed by atoms with Crippen LogP contribution in [0.15, 0.2) is 33.9 Å². The smallest absolute Gasteiger partial charge is 0.260 e. The van der Waals surface area contributed by atoms with E-state index in [2.05, 4.69) is 27.8 Å². The molecule has 2 aromatic heterocycles. The van der Waals surface area contributed by atoms with Crippen LogP contribution < -0.4 is 5.56 Å². The Balaban J connectivity index is 2.29. The Hall–Kier alpha value is -1.16. The van der Waals surface area contributed by atoms with E-state index in [0.717, 1.165) is 22.8 Å². The first kappa shape index (κ1) is 13.3. The molecule has 0 saturated carbocycles. The Morgan fingerprint density at radius 1 is 1.28 bits per heavy atom. The fraction of sp³-hybridized carbons (Fsp3) is 0.429. The molecule has 0 aliphatic heterocycles. The number of aryl methyl sites for hydroxylation is 1. The lowest BCUT2D eigenvalue weighted by Gasteiger charge is -2.08. The summed E-state index contributed by atoms with van der Waals surface area (Å²) in [6.45, 7) is 2.97. The summed E-state index contributed by atoms with van der Waals surface area (Å²) in [5, 5.41) is 1.61. The van der Waals surface area contributed by atoms with Crippen molar-refractivity contribution in [3.63, 3.8) is 0 Å². The summed E-state index contributed by atoms with van der Waals surface area (Å²) in [5.74, 6) is 0. The zero-order valence-electron chi connectivity index (χ0n) is 10.5. The van der Waals surface area contributed by atoms with Gasteiger partial charge in [0.05, 0.1) is 5.39 Å². The molecule has 96 valence electrons. The summed E-state index contributed by atoms with van der Waals surface area (Å²) in [6.07, 6.45) is 9.89. The zero-order chi connectivity index (χ0) is 13.0. The standard InChI is InChI=1S/C14H17BrN2O/c1-2-3-4-5-8-17-10-13(15)11-6-7-16-9-12(11)14(17)18/h6-7,9-10H,2-5,8H2,1H3. The van der Waals surface area contributed by atoms with E-state index in [1.807, 2.05) is 12.3 Å². The molecule has 2 aromatic rings. The van der Waals surface area contributed by atoms with Crippen molar-refractivity contribution < 1.29 is 0 Å². The highest BCUT2D eigenvalue weighted by molar-refractivity contribution is 9.10. The van der Waals surface area contributed by atoms with Crippen molar-refractivity contribution in [1.82, 2.24) is 9.55 Å². The average molecular weight is 309 g/mol. The molecule has 18 heavy (non-hydrogen) atoms. The van der Waals surface area contributed by atoms with E-state index < -0.39 is 0 Å². The third-order valence-electron chi connectivity index (χ3n) is 3.09. The van der Waals surface area contributed by atoms with Crippen LogP contribution in [-0.2, 0) is 6.54 Å². The Morgan fingerprint density at radius 3 is 2.89 bits per heavy atom. The fourth-order valence-electron chi connectivity index (χ4n) is 2.07. The average Bonchev–Trinajstić information content (AvgIpc) is 2.40. The summed E-state index contributed by atoms with van der Waals surface area (Å²) in [5.41, 5.74) is 0.0535. The van der Waals surface area contributed by atoms with Gasteiger partial charge in [0.2, 0.25) is 0 Å². The Labute approximate surface area is 115 Å². The number of halogens is 1. The van der Waals surface area contributed by atoms with Gasteiger partial charge in [-0.3, -0.25) is 9.78 Å². The van der Waals surface area contributed by atoms with Crippen molar-refractivity contribution in [3.05, 3.63) is 39.5 Å². The Kier molecular flexibility index (Phi) is 4.53. The number of rotatable bonds is 5. The second-order valence-corrected chi connectivity index (χ2v) is 5.31. The van der Waals surface area contributed by atoms with E-state index in [9.17, 15) is 4.79 Å². The van der Waals surface area contributed by atoms with E-state index in [-0.39, 0.29) is 5.56 Å². The molecule has 3 nitrogen and oxygen atoms in total. The number of fused-ring (bicyclic) bond motifs is 1. The molecule has 0 unspecified atom stereocenters. The molecule has 0 radical (unpaired) electrons. The van der Waals surface area contributed by atoms with E-state index in [4.69, 9.17) is 0 Å². The summed E-state index contributed by atoms with van der Waals surface area (Å²) >= 11 is 3.52. The van der Waals surface area contributed by atoms with Crippen molar-refractivity contribution in [2.75, 3.05) is 0 Å². The number of hydrogen-bond donors (Lipinski definition) is 0. The molecule has 0 saturated heterocycles. The van der Waals surface area contributed by atoms with Crippen LogP contribution in [0.1, 0.15) is 32.6 Å². The molecule has 2 heterocycles. The van der Waals surface area contributed by atoms with E-state index in [1.54, 1.807) is 17.0 Å². The van der Waals surface area contributed by atoms with Gasteiger partial charge < -0.3 is 4.57 Å². The van der Waals surface area contributed by atoms with Gasteiger partial charge in [-0.2, -0.15) is 0 Å². The van der Waals surface area contributed by atoms with Crippen LogP contribution in [-0.4, -0.2) is 9.55 Å². The lowest BCUT2D eigenvalue weighted by molar-refractivity contribution is 0.572. The van der Waals surface area contributed by atoms with Gasteiger partial charge in [0.15, 0.2) is 0 Å². The van der Waals surface area contributed by atoms with Crippen LogP contribution in [0.25, 0.3) is 10.8 Å². The molecule has 0 spiro atoms. The van der Waals surface area contributed by atoms with E-state index in [1.165, 1.54) is 19.3 Å². The molecular formula is C14H17BrN2O. The third-order valence-corrected chi connectivity index (χ3v) is 3.72. The molecule has 2 rings (SSSR count). The molecule has 4 heteroatoms. The first-order valence-electron chi connectivity index (χ1n) is 6.36. The van der Waals surface area contributed by atoms with Crippen LogP contribution in [0.2, 0.25) is 0 Å². The van der Waals surface area contributed by atoms with Crippen molar-refractivity contribution in [2.24, 2.45) is 0 Å². The molecule has 0 aliphatic rings. The molecule has 0 atom stereocenters. The minimum atomic E-state index is 0.0535. The first-order chi connectivity index (χ1) is 8.74. The lowest BCUT2D eigenvalue weighted by Crippen LogP contribution is -2.20. The van der Waals surface area contributed by atoms with Crippen molar-refractivity contribution >= 4 is 26.7 Å². The highest BCUT2D eigenvalue weighted by Gasteiger charge is 2.06. The lowest BCUT2D eigenvalue weighted by atomic mass is 10.2. The van der Waals surface area contributed by atoms with Crippen LogP contribution in [0, 0.1) is 0 Å². The Bertz CT molecular complexity index is 592. The maximum absolute atomic E-state index is 12.2. The second kappa shape index (κ2) is 6.14. The van der Waals surface area contributed by atoms with E-state index >= 15 is 0 Å². The monoisotopic (exact) mass is 308 g/mol. The number of aromatic nitrogens is 2. The second-order valence-electron chi connectivity index (χ2n) is 4.46. The van der Waals surface area contributed by atoms with Gasteiger partial charge >= 0.3 is 0 Å². The fourth-order valence-corrected chi connectivity index (χ4v) is 2.66. The first-order valence-corrected chi connectivity index (χ1v) is 7.16. The van der Waals surface area contributed by atoms with Crippen LogP contribution >= 0.6 is 15.9 Å². The number of hydrogen-bond acceptors (Lipinski definition) is 2. The molecule has 0 fully saturated rings. The van der Waals surface area contributed by atoms with E-state index in [0.29, 0.717) is 5.39 Å². The summed E-state index contributed by atoms with van der Waals surface area (Å²) in [6, 6.07) is 1.86. The predicted molar refractivity (Wildman–Crippen MR) is 77.8 cm³/mol. The molecule has 0 amide bonds. The van der Waals surface area contributed by atoms with Gasteiger partial charge in [0.1, 0.15) is 0 Å². The van der Waals surface area contributed by atoms with Crippen molar-refractivity contribution in [1.29, 1.82) is 0 Å². The maximum atomic E-state index is 12.2. The predicted octanol–water partition coefficient (Wildman–Crippen LogP) is 3.74. The van der Waals surface area contributed by atoms with Gasteiger partial charge in [0, 0.05) is 35.0 Å². The molecule has 0 aromatic carbocycles. The number of unbranched alkanes of at least 4 members (excludes halogenated alkanes) is 3. The minimum absolute atomic E-state index is 0.0535. The molecule has 0 bridgehead atoms. The Morgan fingerprint density at radius 2 is 2.11 bits per heavy atom. The van der Waals surface area contributed by atoms with Gasteiger partial charge in [0.25, 0.3) is 5.56 Å². The van der Waals surface area contributed by atoms with Gasteiger partial charge in [-0.25, -0.2) is 0 Å². The topological polar surface area (TPSA) is 34.9 Å². The molecule has 0 aliphatic carbocycles. The minimum Gasteiger partial charge on any atom is -0.314 e. The van der Waals surface area contributed by atoms with Crippen LogP contribution in [0.5, 0.6) is 0 Å². The quantitative estimate of drug-likeness (QED) is 0.789. The third kappa shape index (κ3) is 2.80. The summed E-state index contributed by atoms with van der Waals surface area (Å²) in [4.78, 5) is 16.3. The van der Waals surface area contributed by atoms with Crippen molar-refractivity contribution in [3.8, 4) is 0 Å². The number of nitrogens with zero attached hydrogens (tertiary/aromatic N) is 2.